The highest BCUT2D eigenvalue weighted by Gasteiger charge is 2.22. The fourth-order valence-electron chi connectivity index (χ4n) is 3.16. The van der Waals surface area contributed by atoms with Crippen molar-refractivity contribution in [3.63, 3.8) is 0 Å². The highest BCUT2D eigenvalue weighted by atomic mass is 16.5. The van der Waals surface area contributed by atoms with Crippen molar-refractivity contribution in [2.45, 2.75) is 19.9 Å². The summed E-state index contributed by atoms with van der Waals surface area (Å²) in [6.45, 7) is 7.54. The topological polar surface area (TPSA) is 60.0 Å². The number of ether oxygens (including phenoxy) is 3. The first-order chi connectivity index (χ1) is 13.7. The first kappa shape index (κ1) is 20.0. The van der Waals surface area contributed by atoms with Crippen LogP contribution in [0.3, 0.4) is 0 Å². The lowest BCUT2D eigenvalue weighted by atomic mass is 10.1. The fraction of sp³-hybridized carbons (Fsp3) is 0.409. The molecule has 0 saturated carbocycles. The molecule has 1 heterocycles. The molecule has 0 aliphatic carbocycles. The third-order valence-electron chi connectivity index (χ3n) is 4.50. The Labute approximate surface area is 166 Å². The Morgan fingerprint density at radius 2 is 1.86 bits per heavy atom. The predicted octanol–water partition coefficient (Wildman–Crippen LogP) is 2.98. The van der Waals surface area contributed by atoms with E-state index in [1.807, 2.05) is 42.2 Å². The quantitative estimate of drug-likeness (QED) is 0.709. The zero-order valence-corrected chi connectivity index (χ0v) is 16.5. The number of hydrogen-bond acceptors (Lipinski definition) is 5. The number of carbonyl (C=O) groups is 1. The summed E-state index contributed by atoms with van der Waals surface area (Å²) in [4.78, 5) is 14.7. The predicted molar refractivity (Wildman–Crippen MR) is 108 cm³/mol. The third-order valence-corrected chi connectivity index (χ3v) is 4.50. The minimum absolute atomic E-state index is 0.0215. The maximum Gasteiger partial charge on any atom is 0.254 e. The molecular formula is C22H28N2O4. The van der Waals surface area contributed by atoms with E-state index in [2.05, 4.69) is 12.2 Å². The number of nitrogens with zero attached hydrogens (tertiary/aromatic N) is 1. The molecule has 1 atom stereocenters. The van der Waals surface area contributed by atoms with Crippen LogP contribution < -0.4 is 19.5 Å². The molecule has 1 aliphatic rings. The second-order valence-corrected chi connectivity index (χ2v) is 6.71. The van der Waals surface area contributed by atoms with Crippen LogP contribution in [0.4, 0.5) is 0 Å². The van der Waals surface area contributed by atoms with Gasteiger partial charge in [-0.3, -0.25) is 4.79 Å². The van der Waals surface area contributed by atoms with E-state index in [-0.39, 0.29) is 5.91 Å². The largest absolute Gasteiger partial charge is 0.490 e. The lowest BCUT2D eigenvalue weighted by Crippen LogP contribution is -2.51. The van der Waals surface area contributed by atoms with Gasteiger partial charge in [0, 0.05) is 31.2 Å². The molecule has 1 saturated heterocycles. The van der Waals surface area contributed by atoms with Crippen LogP contribution in [0.15, 0.2) is 48.5 Å². The van der Waals surface area contributed by atoms with Crippen molar-refractivity contribution >= 4 is 5.91 Å². The van der Waals surface area contributed by atoms with E-state index in [9.17, 15) is 4.79 Å². The Morgan fingerprint density at radius 3 is 2.61 bits per heavy atom. The molecule has 1 unspecified atom stereocenters. The van der Waals surface area contributed by atoms with E-state index in [1.165, 1.54) is 0 Å². The van der Waals surface area contributed by atoms with E-state index < -0.39 is 0 Å². The summed E-state index contributed by atoms with van der Waals surface area (Å²) in [6, 6.07) is 15.3. The highest BCUT2D eigenvalue weighted by Crippen LogP contribution is 2.29. The van der Waals surface area contributed by atoms with Gasteiger partial charge in [0.15, 0.2) is 11.5 Å². The Hall–Kier alpha value is -2.73. The third kappa shape index (κ3) is 5.39. The Kier molecular flexibility index (Phi) is 7.14. The van der Waals surface area contributed by atoms with Gasteiger partial charge in [0.05, 0.1) is 6.61 Å². The molecule has 2 aromatic carbocycles. The Morgan fingerprint density at radius 1 is 1.07 bits per heavy atom. The molecule has 6 nitrogen and oxygen atoms in total. The molecular weight excluding hydrogens is 356 g/mol. The molecule has 0 radical (unpaired) electrons. The van der Waals surface area contributed by atoms with Gasteiger partial charge in [-0.05, 0) is 44.2 Å². The average molecular weight is 384 g/mol. The number of para-hydroxylation sites is 1. The smallest absolute Gasteiger partial charge is 0.254 e. The summed E-state index contributed by atoms with van der Waals surface area (Å²) in [5.74, 6) is 2.02. The van der Waals surface area contributed by atoms with Crippen molar-refractivity contribution in [3.8, 4) is 17.2 Å². The van der Waals surface area contributed by atoms with Gasteiger partial charge in [-0.15, -0.1) is 0 Å². The van der Waals surface area contributed by atoms with E-state index in [1.54, 1.807) is 18.2 Å². The van der Waals surface area contributed by atoms with Crippen LogP contribution in [0.1, 0.15) is 24.2 Å². The van der Waals surface area contributed by atoms with Crippen LogP contribution in [0.5, 0.6) is 17.2 Å². The van der Waals surface area contributed by atoms with Crippen LogP contribution in [0, 0.1) is 0 Å². The zero-order valence-electron chi connectivity index (χ0n) is 16.5. The van der Waals surface area contributed by atoms with Gasteiger partial charge in [0.2, 0.25) is 0 Å². The molecule has 1 fully saturated rings. The van der Waals surface area contributed by atoms with E-state index in [4.69, 9.17) is 14.2 Å². The van der Waals surface area contributed by atoms with E-state index in [0.29, 0.717) is 56.0 Å². The molecule has 6 heteroatoms. The maximum absolute atomic E-state index is 12.8. The zero-order chi connectivity index (χ0) is 19.8. The maximum atomic E-state index is 12.8. The number of carbonyl (C=O) groups excluding carboxylic acids is 1. The normalized spacial score (nSPS) is 16.5. The first-order valence-electron chi connectivity index (χ1n) is 9.77. The first-order valence-corrected chi connectivity index (χ1v) is 9.77. The Balaban J connectivity index is 1.61. The number of hydrogen-bond donors (Lipinski definition) is 1. The molecule has 0 aromatic heterocycles. The highest BCUT2D eigenvalue weighted by molar-refractivity contribution is 5.95. The molecule has 1 amide bonds. The lowest BCUT2D eigenvalue weighted by molar-refractivity contribution is 0.0708. The van der Waals surface area contributed by atoms with Crippen LogP contribution in [0.25, 0.3) is 0 Å². The number of amides is 1. The van der Waals surface area contributed by atoms with E-state index >= 15 is 0 Å². The summed E-state index contributed by atoms with van der Waals surface area (Å²) in [5.41, 5.74) is 0.616. The second kappa shape index (κ2) is 9.99. The monoisotopic (exact) mass is 384 g/mol. The molecule has 1 aliphatic heterocycles. The lowest BCUT2D eigenvalue weighted by Gasteiger charge is -2.32. The summed E-state index contributed by atoms with van der Waals surface area (Å²) >= 11 is 0. The van der Waals surface area contributed by atoms with Crippen molar-refractivity contribution in [1.82, 2.24) is 10.2 Å². The number of benzene rings is 2. The van der Waals surface area contributed by atoms with Crippen LogP contribution in [0.2, 0.25) is 0 Å². The average Bonchev–Trinajstić information content (AvgIpc) is 2.72. The van der Waals surface area contributed by atoms with Gasteiger partial charge in [-0.2, -0.15) is 0 Å². The molecule has 1 N–H and O–H groups in total. The summed E-state index contributed by atoms with van der Waals surface area (Å²) < 4.78 is 17.2. The number of piperazine rings is 1. The molecule has 28 heavy (non-hydrogen) atoms. The van der Waals surface area contributed by atoms with Gasteiger partial charge in [0.1, 0.15) is 19.0 Å². The van der Waals surface area contributed by atoms with Crippen molar-refractivity contribution in [2.75, 3.05) is 39.5 Å². The van der Waals surface area contributed by atoms with Crippen molar-refractivity contribution < 1.29 is 19.0 Å². The van der Waals surface area contributed by atoms with Crippen molar-refractivity contribution in [1.29, 1.82) is 0 Å². The minimum atomic E-state index is 0.0215. The van der Waals surface area contributed by atoms with Crippen LogP contribution >= 0.6 is 0 Å². The fourth-order valence-corrected chi connectivity index (χ4v) is 3.16. The van der Waals surface area contributed by atoms with Crippen molar-refractivity contribution in [3.05, 3.63) is 54.1 Å². The number of nitrogens with one attached hydrogen (secondary N) is 1. The molecule has 2 aromatic rings. The van der Waals surface area contributed by atoms with Gasteiger partial charge < -0.3 is 24.4 Å². The van der Waals surface area contributed by atoms with Gasteiger partial charge in [0.25, 0.3) is 5.91 Å². The minimum Gasteiger partial charge on any atom is -0.490 e. The molecule has 150 valence electrons. The van der Waals surface area contributed by atoms with Gasteiger partial charge in [-0.1, -0.05) is 18.2 Å². The van der Waals surface area contributed by atoms with E-state index in [0.717, 1.165) is 12.3 Å². The van der Waals surface area contributed by atoms with Crippen molar-refractivity contribution in [2.24, 2.45) is 0 Å². The van der Waals surface area contributed by atoms with Crippen LogP contribution in [-0.2, 0) is 0 Å². The molecule has 0 bridgehead atoms. The van der Waals surface area contributed by atoms with Gasteiger partial charge in [-0.25, -0.2) is 0 Å². The second-order valence-electron chi connectivity index (χ2n) is 6.71. The summed E-state index contributed by atoms with van der Waals surface area (Å²) in [7, 11) is 0. The molecule has 3 rings (SSSR count). The summed E-state index contributed by atoms with van der Waals surface area (Å²) in [5, 5.41) is 3.35. The van der Waals surface area contributed by atoms with Gasteiger partial charge >= 0.3 is 0 Å². The standard InChI is InChI=1S/C22H28N2O4/c1-3-26-21-15-18(22(25)24-12-11-23-17(2)16-24)9-10-20(21)28-14-13-27-19-7-5-4-6-8-19/h4-10,15,17,23H,3,11-14,16H2,1-2H3. The molecule has 0 spiro atoms. The van der Waals surface area contributed by atoms with Crippen LogP contribution in [-0.4, -0.2) is 56.3 Å². The Bertz CT molecular complexity index is 766. The number of rotatable bonds is 8. The SMILES string of the molecule is CCOc1cc(C(=O)N2CCNC(C)C2)ccc1OCCOc1ccccc1. The summed E-state index contributed by atoms with van der Waals surface area (Å²) in [6.07, 6.45) is 0.